The van der Waals surface area contributed by atoms with Crippen molar-refractivity contribution in [3.8, 4) is 0 Å². The summed E-state index contributed by atoms with van der Waals surface area (Å²) in [5, 5.41) is 0. The van der Waals surface area contributed by atoms with Gasteiger partial charge in [-0.05, 0) is 12.0 Å². The van der Waals surface area contributed by atoms with Crippen LogP contribution in [0.15, 0.2) is 30.3 Å². The Labute approximate surface area is 72.4 Å². The van der Waals surface area contributed by atoms with Crippen molar-refractivity contribution in [2.24, 2.45) is 5.92 Å². The van der Waals surface area contributed by atoms with Crippen molar-refractivity contribution in [1.82, 2.24) is 0 Å². The molecule has 2 atom stereocenters. The molecule has 0 spiro atoms. The SMILES string of the molecule is CC1(c2ccccc2)CC1C=O. The number of benzene rings is 1. The van der Waals surface area contributed by atoms with Crippen LogP contribution in [0, 0.1) is 5.92 Å². The normalized spacial score (nSPS) is 32.9. The zero-order valence-electron chi connectivity index (χ0n) is 7.16. The van der Waals surface area contributed by atoms with Crippen molar-refractivity contribution in [1.29, 1.82) is 0 Å². The van der Waals surface area contributed by atoms with Crippen LogP contribution in [0.3, 0.4) is 0 Å². The summed E-state index contributed by atoms with van der Waals surface area (Å²) in [6, 6.07) is 10.3. The van der Waals surface area contributed by atoms with Gasteiger partial charge in [0.2, 0.25) is 0 Å². The van der Waals surface area contributed by atoms with E-state index in [0.29, 0.717) is 0 Å². The maximum atomic E-state index is 10.6. The average Bonchev–Trinajstić information content (AvgIpc) is 2.81. The zero-order chi connectivity index (χ0) is 8.60. The van der Waals surface area contributed by atoms with Crippen molar-refractivity contribution < 1.29 is 4.79 Å². The summed E-state index contributed by atoms with van der Waals surface area (Å²) in [6.07, 6.45) is 2.09. The van der Waals surface area contributed by atoms with Crippen LogP contribution in [0.4, 0.5) is 0 Å². The lowest BCUT2D eigenvalue weighted by atomic mass is 9.96. The molecule has 0 bridgehead atoms. The van der Waals surface area contributed by atoms with Crippen molar-refractivity contribution in [2.45, 2.75) is 18.8 Å². The highest BCUT2D eigenvalue weighted by Gasteiger charge is 2.50. The molecule has 2 unspecified atom stereocenters. The molecule has 1 heteroatoms. The summed E-state index contributed by atoms with van der Waals surface area (Å²) in [6.45, 7) is 2.15. The monoisotopic (exact) mass is 160 g/mol. The quantitative estimate of drug-likeness (QED) is 0.606. The molecule has 62 valence electrons. The molecule has 1 fully saturated rings. The number of carbonyl (C=O) groups excluding carboxylic acids is 1. The van der Waals surface area contributed by atoms with Gasteiger partial charge in [0.15, 0.2) is 0 Å². The van der Waals surface area contributed by atoms with Gasteiger partial charge in [0.05, 0.1) is 0 Å². The molecule has 0 saturated heterocycles. The molecule has 2 rings (SSSR count). The number of hydrogen-bond acceptors (Lipinski definition) is 1. The van der Waals surface area contributed by atoms with Gasteiger partial charge in [-0.1, -0.05) is 37.3 Å². The molecule has 1 aromatic rings. The van der Waals surface area contributed by atoms with E-state index in [1.54, 1.807) is 0 Å². The Balaban J connectivity index is 2.28. The number of hydrogen-bond donors (Lipinski definition) is 0. The van der Waals surface area contributed by atoms with E-state index in [4.69, 9.17) is 0 Å². The Hall–Kier alpha value is -1.11. The van der Waals surface area contributed by atoms with Gasteiger partial charge >= 0.3 is 0 Å². The second-order valence-corrected chi connectivity index (χ2v) is 3.73. The van der Waals surface area contributed by atoms with Crippen LogP contribution in [0.1, 0.15) is 18.9 Å². The predicted molar refractivity (Wildman–Crippen MR) is 48.0 cm³/mol. The minimum Gasteiger partial charge on any atom is -0.303 e. The topological polar surface area (TPSA) is 17.1 Å². The zero-order valence-corrected chi connectivity index (χ0v) is 7.16. The molecule has 1 aromatic carbocycles. The minimum absolute atomic E-state index is 0.142. The summed E-state index contributed by atoms with van der Waals surface area (Å²) >= 11 is 0. The van der Waals surface area contributed by atoms with Gasteiger partial charge in [-0.2, -0.15) is 0 Å². The van der Waals surface area contributed by atoms with Gasteiger partial charge in [-0.3, -0.25) is 0 Å². The Kier molecular flexibility index (Phi) is 1.53. The van der Waals surface area contributed by atoms with Crippen LogP contribution in [0.25, 0.3) is 0 Å². The first-order valence-electron chi connectivity index (χ1n) is 4.28. The predicted octanol–water partition coefficient (Wildman–Crippen LogP) is 2.16. The number of rotatable bonds is 2. The molecule has 0 aliphatic heterocycles. The van der Waals surface area contributed by atoms with Gasteiger partial charge < -0.3 is 4.79 Å². The molecular formula is C11H12O. The van der Waals surface area contributed by atoms with Crippen LogP contribution in [0.2, 0.25) is 0 Å². The standard InChI is InChI=1S/C11H12O/c1-11(7-10(11)8-12)9-5-3-2-4-6-9/h2-6,8,10H,7H2,1H3. The minimum atomic E-state index is 0.142. The summed E-state index contributed by atoms with van der Waals surface area (Å²) < 4.78 is 0. The maximum absolute atomic E-state index is 10.6. The maximum Gasteiger partial charge on any atom is 0.123 e. The lowest BCUT2D eigenvalue weighted by Gasteiger charge is -2.08. The van der Waals surface area contributed by atoms with Crippen molar-refractivity contribution in [3.63, 3.8) is 0 Å². The first-order chi connectivity index (χ1) is 5.77. The molecule has 12 heavy (non-hydrogen) atoms. The largest absolute Gasteiger partial charge is 0.303 e. The van der Waals surface area contributed by atoms with E-state index in [-0.39, 0.29) is 11.3 Å². The lowest BCUT2D eigenvalue weighted by Crippen LogP contribution is -2.04. The highest BCUT2D eigenvalue weighted by Crippen LogP contribution is 2.52. The smallest absolute Gasteiger partial charge is 0.123 e. The summed E-state index contributed by atoms with van der Waals surface area (Å²) in [7, 11) is 0. The third-order valence-electron chi connectivity index (χ3n) is 2.90. The van der Waals surface area contributed by atoms with E-state index >= 15 is 0 Å². The molecule has 0 amide bonds. The number of carbonyl (C=O) groups is 1. The second kappa shape index (κ2) is 2.44. The number of aldehydes is 1. The fraction of sp³-hybridized carbons (Fsp3) is 0.364. The van der Waals surface area contributed by atoms with Gasteiger partial charge in [-0.15, -0.1) is 0 Å². The van der Waals surface area contributed by atoms with Crippen LogP contribution in [0.5, 0.6) is 0 Å². The average molecular weight is 160 g/mol. The van der Waals surface area contributed by atoms with Crippen LogP contribution in [-0.4, -0.2) is 6.29 Å². The van der Waals surface area contributed by atoms with E-state index in [1.807, 2.05) is 18.2 Å². The van der Waals surface area contributed by atoms with Crippen LogP contribution < -0.4 is 0 Å². The molecule has 0 radical (unpaired) electrons. The lowest BCUT2D eigenvalue weighted by molar-refractivity contribution is -0.109. The van der Waals surface area contributed by atoms with Crippen molar-refractivity contribution in [2.75, 3.05) is 0 Å². The Morgan fingerprint density at radius 1 is 1.42 bits per heavy atom. The van der Waals surface area contributed by atoms with Crippen molar-refractivity contribution in [3.05, 3.63) is 35.9 Å². The van der Waals surface area contributed by atoms with Gasteiger partial charge in [0.1, 0.15) is 6.29 Å². The van der Waals surface area contributed by atoms with E-state index in [1.165, 1.54) is 5.56 Å². The summed E-state index contributed by atoms with van der Waals surface area (Å²) in [5.74, 6) is 0.250. The van der Waals surface area contributed by atoms with Gasteiger partial charge in [-0.25, -0.2) is 0 Å². The molecular weight excluding hydrogens is 148 g/mol. The summed E-state index contributed by atoms with van der Waals surface area (Å²) in [5.41, 5.74) is 1.44. The highest BCUT2D eigenvalue weighted by molar-refractivity contribution is 5.64. The third kappa shape index (κ3) is 0.970. The molecule has 0 N–H and O–H groups in total. The summed E-state index contributed by atoms with van der Waals surface area (Å²) in [4.78, 5) is 10.6. The Bertz CT molecular complexity index is 291. The molecule has 1 aliphatic carbocycles. The molecule has 0 heterocycles. The molecule has 1 aliphatic rings. The van der Waals surface area contributed by atoms with Gasteiger partial charge in [0.25, 0.3) is 0 Å². The second-order valence-electron chi connectivity index (χ2n) is 3.73. The van der Waals surface area contributed by atoms with E-state index in [2.05, 4.69) is 19.1 Å². The molecule has 1 saturated carbocycles. The van der Waals surface area contributed by atoms with E-state index < -0.39 is 0 Å². The van der Waals surface area contributed by atoms with Crippen LogP contribution >= 0.6 is 0 Å². The highest BCUT2D eigenvalue weighted by atomic mass is 16.1. The fourth-order valence-electron chi connectivity index (χ4n) is 1.75. The first-order valence-corrected chi connectivity index (χ1v) is 4.28. The van der Waals surface area contributed by atoms with Crippen LogP contribution in [-0.2, 0) is 10.2 Å². The first kappa shape index (κ1) is 7.53. The molecule has 0 aromatic heterocycles. The van der Waals surface area contributed by atoms with Gasteiger partial charge in [0, 0.05) is 11.3 Å². The van der Waals surface area contributed by atoms with Crippen molar-refractivity contribution >= 4 is 6.29 Å². The van der Waals surface area contributed by atoms with E-state index in [9.17, 15) is 4.79 Å². The molecule has 1 nitrogen and oxygen atoms in total. The fourth-order valence-corrected chi connectivity index (χ4v) is 1.75. The Morgan fingerprint density at radius 3 is 2.58 bits per heavy atom. The Morgan fingerprint density at radius 2 is 2.08 bits per heavy atom. The van der Waals surface area contributed by atoms with E-state index in [0.717, 1.165) is 12.7 Å². The third-order valence-corrected chi connectivity index (χ3v) is 2.90.